The molecule has 0 aliphatic rings. The fraction of sp³-hybridized carbons (Fsp3) is 0.321. The number of nitrogens with zero attached hydrogens (tertiary/aromatic N) is 2. The summed E-state index contributed by atoms with van der Waals surface area (Å²) in [6, 6.07) is 13.5. The molecule has 0 bridgehead atoms. The van der Waals surface area contributed by atoms with Crippen LogP contribution in [0.2, 0.25) is 0 Å². The Labute approximate surface area is 225 Å². The van der Waals surface area contributed by atoms with Gasteiger partial charge in [-0.3, -0.25) is 19.7 Å². The van der Waals surface area contributed by atoms with Gasteiger partial charge >= 0.3 is 6.09 Å². The van der Waals surface area contributed by atoms with Crippen molar-refractivity contribution in [2.24, 2.45) is 0 Å². The summed E-state index contributed by atoms with van der Waals surface area (Å²) in [5.74, 6) is 0.0566. The highest BCUT2D eigenvalue weighted by molar-refractivity contribution is 5.97. The second-order valence-corrected chi connectivity index (χ2v) is 9.97. The van der Waals surface area contributed by atoms with Crippen LogP contribution in [0.15, 0.2) is 65.6 Å². The van der Waals surface area contributed by atoms with Gasteiger partial charge < -0.3 is 24.7 Å². The van der Waals surface area contributed by atoms with Crippen LogP contribution < -0.4 is 20.9 Å². The minimum absolute atomic E-state index is 0.00892. The average Bonchev–Trinajstić information content (AvgIpc) is 2.87. The Hall–Kier alpha value is -4.67. The van der Waals surface area contributed by atoms with Crippen molar-refractivity contribution in [3.05, 3.63) is 98.0 Å². The number of pyridine rings is 1. The quantitative estimate of drug-likeness (QED) is 0.308. The zero-order chi connectivity index (χ0) is 28.7. The molecule has 0 unspecified atom stereocenters. The number of benzene rings is 2. The molecule has 3 rings (SSSR count). The third kappa shape index (κ3) is 8.16. The maximum absolute atomic E-state index is 13.4. The van der Waals surface area contributed by atoms with Gasteiger partial charge in [0.25, 0.3) is 11.2 Å². The highest BCUT2D eigenvalue weighted by Crippen LogP contribution is 2.17. The predicted octanol–water partition coefficient (Wildman–Crippen LogP) is 4.20. The van der Waals surface area contributed by atoms with Gasteiger partial charge in [0.2, 0.25) is 5.91 Å². The van der Waals surface area contributed by atoms with Gasteiger partial charge in [0.05, 0.1) is 18.6 Å². The summed E-state index contributed by atoms with van der Waals surface area (Å²) in [5, 5.41) is 16.2. The normalized spacial score (nSPS) is 11.8. The summed E-state index contributed by atoms with van der Waals surface area (Å²) in [6.45, 7) is 7.04. The molecule has 2 aromatic carbocycles. The molecular weight excluding hydrogens is 504 g/mol. The van der Waals surface area contributed by atoms with Crippen molar-refractivity contribution >= 4 is 23.4 Å². The number of nitro groups is 1. The number of non-ortho nitro benzene ring substituents is 1. The Balaban J connectivity index is 1.85. The van der Waals surface area contributed by atoms with Crippen molar-refractivity contribution in [2.45, 2.75) is 52.3 Å². The number of aromatic nitrogens is 1. The lowest BCUT2D eigenvalue weighted by atomic mass is 10.0. The predicted molar refractivity (Wildman–Crippen MR) is 146 cm³/mol. The number of ether oxygens (including phenoxy) is 2. The SMILES string of the molecule is COc1ccc(Cn2ccc(C)c(NC(=O)[C@H](Cc3ccc([N+](=O)[O-])cc3)NC(=O)OC(C)(C)C)c2=O)cc1. The lowest BCUT2D eigenvalue weighted by molar-refractivity contribution is -0.384. The molecule has 0 aliphatic heterocycles. The first-order chi connectivity index (χ1) is 18.4. The van der Waals surface area contributed by atoms with E-state index in [0.29, 0.717) is 16.9 Å². The Kier molecular flexibility index (Phi) is 9.08. The molecule has 206 valence electrons. The van der Waals surface area contributed by atoms with Gasteiger partial charge in [-0.1, -0.05) is 24.3 Å². The van der Waals surface area contributed by atoms with E-state index >= 15 is 0 Å². The average molecular weight is 537 g/mol. The van der Waals surface area contributed by atoms with Gasteiger partial charge in [-0.15, -0.1) is 0 Å². The van der Waals surface area contributed by atoms with Gasteiger partial charge in [-0.05, 0) is 62.6 Å². The van der Waals surface area contributed by atoms with Crippen molar-refractivity contribution in [2.75, 3.05) is 12.4 Å². The number of hydrogen-bond donors (Lipinski definition) is 2. The number of alkyl carbamates (subject to hydrolysis) is 1. The van der Waals surface area contributed by atoms with E-state index in [4.69, 9.17) is 9.47 Å². The molecule has 11 nitrogen and oxygen atoms in total. The molecular formula is C28H32N4O7. The molecule has 39 heavy (non-hydrogen) atoms. The number of carbonyl (C=O) groups excluding carboxylic acids is 2. The van der Waals surface area contributed by atoms with Crippen LogP contribution in [-0.4, -0.2) is 40.2 Å². The van der Waals surface area contributed by atoms with E-state index in [1.165, 1.54) is 28.8 Å². The number of amides is 2. The first-order valence-electron chi connectivity index (χ1n) is 12.2. The topological polar surface area (TPSA) is 142 Å². The van der Waals surface area contributed by atoms with Crippen molar-refractivity contribution in [3.8, 4) is 5.75 Å². The number of carbonyl (C=O) groups is 2. The zero-order valence-corrected chi connectivity index (χ0v) is 22.5. The number of rotatable bonds is 9. The van der Waals surface area contributed by atoms with E-state index in [9.17, 15) is 24.5 Å². The van der Waals surface area contributed by atoms with Gasteiger partial charge in [-0.2, -0.15) is 0 Å². The largest absolute Gasteiger partial charge is 0.497 e. The van der Waals surface area contributed by atoms with Crippen LogP contribution in [0.25, 0.3) is 0 Å². The minimum atomic E-state index is -1.13. The molecule has 1 atom stereocenters. The number of anilines is 1. The zero-order valence-electron chi connectivity index (χ0n) is 22.5. The molecule has 0 saturated heterocycles. The number of nitro benzene ring substituents is 1. The van der Waals surface area contributed by atoms with Crippen molar-refractivity contribution in [1.29, 1.82) is 0 Å². The molecule has 1 aromatic heterocycles. The molecule has 3 aromatic rings. The van der Waals surface area contributed by atoms with E-state index in [2.05, 4.69) is 10.6 Å². The Morgan fingerprint density at radius 3 is 2.21 bits per heavy atom. The van der Waals surface area contributed by atoms with Gasteiger partial charge in [0.1, 0.15) is 23.1 Å². The molecule has 2 amide bonds. The molecule has 0 radical (unpaired) electrons. The van der Waals surface area contributed by atoms with E-state index in [0.717, 1.165) is 5.56 Å². The van der Waals surface area contributed by atoms with Crippen LogP contribution in [0.4, 0.5) is 16.2 Å². The maximum Gasteiger partial charge on any atom is 0.408 e. The summed E-state index contributed by atoms with van der Waals surface area (Å²) < 4.78 is 12.0. The number of aryl methyl sites for hydroxylation is 1. The van der Waals surface area contributed by atoms with Crippen molar-refractivity contribution in [3.63, 3.8) is 0 Å². The Morgan fingerprint density at radius 2 is 1.64 bits per heavy atom. The lowest BCUT2D eigenvalue weighted by Gasteiger charge is -2.23. The number of nitrogens with one attached hydrogen (secondary N) is 2. The summed E-state index contributed by atoms with van der Waals surface area (Å²) in [7, 11) is 1.57. The molecule has 1 heterocycles. The third-order valence-corrected chi connectivity index (χ3v) is 5.73. The van der Waals surface area contributed by atoms with Crippen LogP contribution in [0.3, 0.4) is 0 Å². The van der Waals surface area contributed by atoms with Crippen molar-refractivity contribution < 1.29 is 24.0 Å². The highest BCUT2D eigenvalue weighted by atomic mass is 16.6. The third-order valence-electron chi connectivity index (χ3n) is 5.73. The number of hydrogen-bond acceptors (Lipinski definition) is 7. The summed E-state index contributed by atoms with van der Waals surface area (Å²) in [4.78, 5) is 49.7. The van der Waals surface area contributed by atoms with Crippen LogP contribution in [0.1, 0.15) is 37.5 Å². The summed E-state index contributed by atoms with van der Waals surface area (Å²) >= 11 is 0. The van der Waals surface area contributed by atoms with E-state index in [1.54, 1.807) is 59.2 Å². The highest BCUT2D eigenvalue weighted by Gasteiger charge is 2.26. The second kappa shape index (κ2) is 12.2. The molecule has 0 aliphatic carbocycles. The second-order valence-electron chi connectivity index (χ2n) is 9.97. The van der Waals surface area contributed by atoms with Crippen LogP contribution >= 0.6 is 0 Å². The van der Waals surface area contributed by atoms with Gasteiger partial charge in [-0.25, -0.2) is 4.79 Å². The van der Waals surface area contributed by atoms with E-state index in [-0.39, 0.29) is 24.3 Å². The molecule has 0 fully saturated rings. The van der Waals surface area contributed by atoms with E-state index in [1.807, 2.05) is 12.1 Å². The first kappa shape index (κ1) is 28.9. The molecule has 11 heteroatoms. The Bertz CT molecular complexity index is 1390. The molecule has 0 spiro atoms. The first-order valence-corrected chi connectivity index (χ1v) is 12.2. The number of methoxy groups -OCH3 is 1. The van der Waals surface area contributed by atoms with Gasteiger partial charge in [0.15, 0.2) is 0 Å². The standard InChI is InChI=1S/C28H32N4O7/c1-18-14-15-31(17-20-8-12-22(38-5)13-9-20)26(34)24(18)30-25(33)23(29-27(35)39-28(2,3)4)16-19-6-10-21(11-7-19)32(36)37/h6-15,23H,16-17H2,1-5H3,(H,29,35)(H,30,33)/t23-/m0/s1. The molecule has 0 saturated carbocycles. The van der Waals surface area contributed by atoms with E-state index < -0.39 is 34.1 Å². The lowest BCUT2D eigenvalue weighted by Crippen LogP contribution is -2.47. The summed E-state index contributed by atoms with van der Waals surface area (Å²) in [6.07, 6.45) is 0.839. The van der Waals surface area contributed by atoms with Crippen LogP contribution in [-0.2, 0) is 22.5 Å². The monoisotopic (exact) mass is 536 g/mol. The minimum Gasteiger partial charge on any atom is -0.497 e. The van der Waals surface area contributed by atoms with Crippen molar-refractivity contribution in [1.82, 2.24) is 9.88 Å². The Morgan fingerprint density at radius 1 is 1.03 bits per heavy atom. The van der Waals surface area contributed by atoms with Crippen LogP contribution in [0.5, 0.6) is 5.75 Å². The van der Waals surface area contributed by atoms with Crippen LogP contribution in [0, 0.1) is 17.0 Å². The fourth-order valence-electron chi connectivity index (χ4n) is 3.73. The van der Waals surface area contributed by atoms with Gasteiger partial charge in [0, 0.05) is 24.8 Å². The molecule has 2 N–H and O–H groups in total. The summed E-state index contributed by atoms with van der Waals surface area (Å²) in [5.41, 5.74) is 0.744. The fourth-order valence-corrected chi connectivity index (χ4v) is 3.73. The smallest absolute Gasteiger partial charge is 0.408 e. The maximum atomic E-state index is 13.4.